The third kappa shape index (κ3) is 4.94. The van der Waals surface area contributed by atoms with Crippen LogP contribution in [0.2, 0.25) is 0 Å². The molecule has 22 nitrogen and oxygen atoms in total. The van der Waals surface area contributed by atoms with E-state index in [0.717, 1.165) is 0 Å². The molecule has 2 aliphatic rings. The predicted octanol–water partition coefficient (Wildman–Crippen LogP) is -4.01. The molecule has 5 aromatic rings. The SMILES string of the molecule is CNC(=O)c1cnn(-c2nc(N)c3ncn([C@@H]4O[C@H](CO)C(Oc5nc(N)c6ncn([C@@H]7O[C@H](CO)[C@H](O)[C@@H]7O)c6n5)[C@@H]4O)c3n2)c1. The number of nitrogens with one attached hydrogen (secondary N) is 1. The lowest BCUT2D eigenvalue weighted by atomic mass is 10.1. The molecule has 47 heavy (non-hydrogen) atoms. The zero-order chi connectivity index (χ0) is 33.1. The number of carbonyl (C=O) groups excluding carboxylic acids is 1. The van der Waals surface area contributed by atoms with E-state index in [4.69, 9.17) is 25.7 Å². The van der Waals surface area contributed by atoms with Crippen LogP contribution in [-0.2, 0) is 9.47 Å². The van der Waals surface area contributed by atoms with Gasteiger partial charge in [0.1, 0.15) is 36.0 Å². The molecule has 1 unspecified atom stereocenters. The molecule has 0 radical (unpaired) electrons. The summed E-state index contributed by atoms with van der Waals surface area (Å²) in [7, 11) is 1.48. The summed E-state index contributed by atoms with van der Waals surface area (Å²) >= 11 is 0. The Kier molecular flexibility index (Phi) is 7.54. The Morgan fingerprint density at radius 2 is 1.51 bits per heavy atom. The van der Waals surface area contributed by atoms with Crippen LogP contribution in [0, 0.1) is 0 Å². The van der Waals surface area contributed by atoms with Crippen molar-refractivity contribution in [1.82, 2.24) is 54.1 Å². The zero-order valence-corrected chi connectivity index (χ0v) is 24.3. The maximum absolute atomic E-state index is 12.0. The number of nitrogen functional groups attached to an aromatic ring is 2. The summed E-state index contributed by atoms with van der Waals surface area (Å²) in [4.78, 5) is 37.6. The Labute approximate surface area is 262 Å². The first-order valence-corrected chi connectivity index (χ1v) is 14.1. The van der Waals surface area contributed by atoms with E-state index in [9.17, 15) is 30.3 Å². The van der Waals surface area contributed by atoms with Crippen LogP contribution in [0.5, 0.6) is 6.01 Å². The summed E-state index contributed by atoms with van der Waals surface area (Å²) < 4.78 is 21.4. The highest BCUT2D eigenvalue weighted by Crippen LogP contribution is 2.36. The van der Waals surface area contributed by atoms with Crippen LogP contribution >= 0.6 is 0 Å². The molecule has 2 saturated heterocycles. The number of fused-ring (bicyclic) bond motifs is 2. The monoisotopic (exact) mass is 655 g/mol. The van der Waals surface area contributed by atoms with Gasteiger partial charge in [0, 0.05) is 13.2 Å². The lowest BCUT2D eigenvalue weighted by Gasteiger charge is -2.20. The smallest absolute Gasteiger partial charge is 0.320 e. The molecule has 2 fully saturated rings. The number of nitrogens with two attached hydrogens (primary N) is 2. The fourth-order valence-corrected chi connectivity index (χ4v) is 5.54. The van der Waals surface area contributed by atoms with E-state index in [1.165, 1.54) is 45.9 Å². The fourth-order valence-electron chi connectivity index (χ4n) is 5.54. The third-order valence-corrected chi connectivity index (χ3v) is 7.94. The number of rotatable bonds is 8. The van der Waals surface area contributed by atoms with Gasteiger partial charge in [-0.2, -0.15) is 25.0 Å². The van der Waals surface area contributed by atoms with Crippen molar-refractivity contribution in [2.24, 2.45) is 0 Å². The number of aliphatic hydroxyl groups excluding tert-OH is 5. The van der Waals surface area contributed by atoms with Crippen LogP contribution in [-0.4, -0.2) is 137 Å². The van der Waals surface area contributed by atoms with E-state index >= 15 is 0 Å². The van der Waals surface area contributed by atoms with Crippen molar-refractivity contribution in [3.05, 3.63) is 30.6 Å². The summed E-state index contributed by atoms with van der Waals surface area (Å²) in [6.07, 6.45) is -4.69. The third-order valence-electron chi connectivity index (χ3n) is 7.94. The lowest BCUT2D eigenvalue weighted by Crippen LogP contribution is -2.39. The first-order valence-electron chi connectivity index (χ1n) is 14.1. The van der Waals surface area contributed by atoms with Gasteiger partial charge in [0.05, 0.1) is 37.6 Å². The molecule has 0 aliphatic carbocycles. The molecule has 10 N–H and O–H groups in total. The predicted molar refractivity (Wildman–Crippen MR) is 154 cm³/mol. The van der Waals surface area contributed by atoms with Gasteiger partial charge in [0.25, 0.3) is 11.9 Å². The molecule has 22 heteroatoms. The molecule has 5 aromatic heterocycles. The quantitative estimate of drug-likeness (QED) is 0.0789. The zero-order valence-electron chi connectivity index (χ0n) is 24.3. The van der Waals surface area contributed by atoms with Crippen LogP contribution in [0.25, 0.3) is 28.3 Å². The molecule has 0 bridgehead atoms. The van der Waals surface area contributed by atoms with Gasteiger partial charge in [-0.3, -0.25) is 13.9 Å². The second-order valence-corrected chi connectivity index (χ2v) is 10.8. The standard InChI is InChI=1S/C25H29N13O9/c1-28-21(44)8-2-31-38(3-8)24-32-17(26)11-19(34-24)36(6-29-11)23-15(43)16(10(5-40)46-23)47-25-33-18(27)12-20(35-25)37(7-30-12)22-14(42)13(41)9(4-39)45-22/h2-3,6-7,9-10,13-16,22-23,39-43H,4-5H2,1H3,(H,28,44)(H2,26,32,34)(H2,27,33,35)/t9-,10-,13+,14+,15+,16?,22-,23-/m1/s1. The summed E-state index contributed by atoms with van der Waals surface area (Å²) in [6, 6.07) is -0.329. The average Bonchev–Trinajstić information content (AvgIpc) is 3.89. The van der Waals surface area contributed by atoms with Crippen LogP contribution in [0.4, 0.5) is 11.6 Å². The van der Waals surface area contributed by atoms with Gasteiger partial charge in [-0.25, -0.2) is 14.6 Å². The molecule has 7 heterocycles. The van der Waals surface area contributed by atoms with Crippen molar-refractivity contribution >= 4 is 39.9 Å². The maximum atomic E-state index is 12.0. The number of ether oxygens (including phenoxy) is 3. The van der Waals surface area contributed by atoms with E-state index in [0.29, 0.717) is 0 Å². The van der Waals surface area contributed by atoms with Gasteiger partial charge in [-0.15, -0.1) is 0 Å². The van der Waals surface area contributed by atoms with Crippen molar-refractivity contribution in [2.45, 2.75) is 49.1 Å². The molecular weight excluding hydrogens is 626 g/mol. The first kappa shape index (κ1) is 30.5. The average molecular weight is 656 g/mol. The number of aliphatic hydroxyl groups is 5. The van der Waals surface area contributed by atoms with E-state index in [1.54, 1.807) is 0 Å². The van der Waals surface area contributed by atoms with Crippen molar-refractivity contribution < 1.29 is 44.5 Å². The van der Waals surface area contributed by atoms with Gasteiger partial charge >= 0.3 is 6.01 Å². The number of hydrogen-bond acceptors (Lipinski definition) is 18. The Hall–Kier alpha value is -5.10. The molecule has 0 saturated carbocycles. The van der Waals surface area contributed by atoms with Crippen LogP contribution in [0.1, 0.15) is 22.8 Å². The Balaban J connectivity index is 1.19. The minimum absolute atomic E-state index is 0.00822. The van der Waals surface area contributed by atoms with Gasteiger partial charge in [0.15, 0.2) is 47.0 Å². The largest absolute Gasteiger partial charge is 0.454 e. The Morgan fingerprint density at radius 3 is 2.15 bits per heavy atom. The first-order chi connectivity index (χ1) is 22.6. The molecule has 248 valence electrons. The van der Waals surface area contributed by atoms with Crippen LogP contribution in [0.3, 0.4) is 0 Å². The molecule has 8 atom stereocenters. The van der Waals surface area contributed by atoms with Crippen molar-refractivity contribution in [2.75, 3.05) is 31.7 Å². The van der Waals surface area contributed by atoms with E-state index in [2.05, 4.69) is 40.3 Å². The number of anilines is 2. The van der Waals surface area contributed by atoms with Crippen molar-refractivity contribution in [1.29, 1.82) is 0 Å². The number of imidazole rings is 2. The van der Waals surface area contributed by atoms with Crippen molar-refractivity contribution in [3.8, 4) is 12.0 Å². The second-order valence-electron chi connectivity index (χ2n) is 10.8. The molecule has 0 aromatic carbocycles. The van der Waals surface area contributed by atoms with Gasteiger partial charge in [0.2, 0.25) is 0 Å². The number of aromatic nitrogens is 10. The minimum atomic E-state index is -1.46. The van der Waals surface area contributed by atoms with Gasteiger partial charge < -0.3 is 56.5 Å². The van der Waals surface area contributed by atoms with Crippen LogP contribution in [0.15, 0.2) is 25.0 Å². The lowest BCUT2D eigenvalue weighted by molar-refractivity contribution is -0.0513. The maximum Gasteiger partial charge on any atom is 0.320 e. The Bertz CT molecular complexity index is 1960. The fraction of sp³-hybridized carbons (Fsp3) is 0.440. The summed E-state index contributed by atoms with van der Waals surface area (Å²) in [5.74, 6) is -0.483. The summed E-state index contributed by atoms with van der Waals surface area (Å²) in [6.45, 7) is -1.12. The highest BCUT2D eigenvalue weighted by molar-refractivity contribution is 5.93. The molecular formula is C25H29N13O9. The normalized spacial score (nSPS) is 27.6. The van der Waals surface area contributed by atoms with Crippen molar-refractivity contribution in [3.63, 3.8) is 0 Å². The topological polar surface area (TPSA) is 315 Å². The summed E-state index contributed by atoms with van der Waals surface area (Å²) in [5, 5.41) is 58.4. The van der Waals surface area contributed by atoms with Crippen LogP contribution < -0.4 is 21.5 Å². The summed E-state index contributed by atoms with van der Waals surface area (Å²) in [5.41, 5.74) is 13.1. The highest BCUT2D eigenvalue weighted by Gasteiger charge is 2.48. The molecule has 2 aliphatic heterocycles. The van der Waals surface area contributed by atoms with E-state index in [-0.39, 0.29) is 57.4 Å². The molecule has 0 spiro atoms. The minimum Gasteiger partial charge on any atom is -0.454 e. The molecule has 7 rings (SSSR count). The highest BCUT2D eigenvalue weighted by atomic mass is 16.6. The molecule has 1 amide bonds. The number of amides is 1. The number of hydrogen-bond donors (Lipinski definition) is 8. The second kappa shape index (κ2) is 11.6. The number of carbonyl (C=O) groups is 1. The van der Waals surface area contributed by atoms with Gasteiger partial charge in [-0.05, 0) is 0 Å². The van der Waals surface area contributed by atoms with Gasteiger partial charge in [-0.1, -0.05) is 0 Å². The Morgan fingerprint density at radius 1 is 0.894 bits per heavy atom. The number of nitrogens with zero attached hydrogens (tertiary/aromatic N) is 10. The van der Waals surface area contributed by atoms with E-state index in [1.807, 2.05) is 0 Å². The van der Waals surface area contributed by atoms with E-state index < -0.39 is 62.3 Å².